The molecule has 0 bridgehead atoms. The van der Waals surface area contributed by atoms with Crippen LogP contribution in [0, 0.1) is 11.6 Å². The first kappa shape index (κ1) is 17.9. The fraction of sp³-hybridized carbons (Fsp3) is 0.286. The molecule has 1 atom stereocenters. The average Bonchev–Trinajstić information content (AvgIpc) is 2.41. The number of benzene rings is 1. The Morgan fingerprint density at radius 2 is 1.85 bits per heavy atom. The van der Waals surface area contributed by atoms with Gasteiger partial charge in [0, 0.05) is 18.0 Å². The zero-order chi connectivity index (χ0) is 14.4. The van der Waals surface area contributed by atoms with Crippen LogP contribution in [-0.4, -0.2) is 24.0 Å². The van der Waals surface area contributed by atoms with E-state index in [1.165, 1.54) is 12.4 Å². The summed E-state index contributed by atoms with van der Waals surface area (Å²) in [5, 5.41) is 11.5. The van der Waals surface area contributed by atoms with Gasteiger partial charge in [-0.25, -0.2) is 13.8 Å². The minimum atomic E-state index is -1.05. The molecule has 20 heavy (non-hydrogen) atoms. The standard InChI is InChI=1S/C11H8F2N2O2.C2H6.CH4/c12-9-1-6(2-10(13)8(9)5-16)7-3-14-11(17)15-4-7;1-2;/h1-5,11,14,17H;1-2H3;1H4. The van der Waals surface area contributed by atoms with Crippen molar-refractivity contribution in [1.29, 1.82) is 0 Å². The Morgan fingerprint density at radius 1 is 1.30 bits per heavy atom. The van der Waals surface area contributed by atoms with Gasteiger partial charge in [0.15, 0.2) is 6.29 Å². The zero-order valence-corrected chi connectivity index (χ0v) is 10.5. The van der Waals surface area contributed by atoms with Gasteiger partial charge in [-0.3, -0.25) is 4.79 Å². The van der Waals surface area contributed by atoms with Crippen molar-refractivity contribution in [3.63, 3.8) is 0 Å². The summed E-state index contributed by atoms with van der Waals surface area (Å²) >= 11 is 0. The predicted octanol–water partition coefficient (Wildman–Crippen LogP) is 2.73. The van der Waals surface area contributed by atoms with Crippen molar-refractivity contribution in [3.05, 3.63) is 41.1 Å². The molecule has 0 saturated heterocycles. The first-order chi connectivity index (χ1) is 9.11. The van der Waals surface area contributed by atoms with Crippen LogP contribution in [0.25, 0.3) is 5.57 Å². The third-order valence-electron chi connectivity index (χ3n) is 2.27. The van der Waals surface area contributed by atoms with Crippen molar-refractivity contribution in [3.8, 4) is 0 Å². The normalized spacial score (nSPS) is 16.1. The fourth-order valence-electron chi connectivity index (χ4n) is 1.42. The van der Waals surface area contributed by atoms with Gasteiger partial charge in [0.2, 0.25) is 6.35 Å². The lowest BCUT2D eigenvalue weighted by Gasteiger charge is -2.13. The van der Waals surface area contributed by atoms with E-state index in [9.17, 15) is 13.6 Å². The highest BCUT2D eigenvalue weighted by Crippen LogP contribution is 2.20. The average molecular weight is 284 g/mol. The highest BCUT2D eigenvalue weighted by molar-refractivity contribution is 6.10. The summed E-state index contributed by atoms with van der Waals surface area (Å²) in [6, 6.07) is 2.06. The van der Waals surface area contributed by atoms with E-state index in [-0.39, 0.29) is 19.3 Å². The van der Waals surface area contributed by atoms with Crippen LogP contribution >= 0.6 is 0 Å². The minimum absolute atomic E-state index is 0. The van der Waals surface area contributed by atoms with E-state index >= 15 is 0 Å². The Morgan fingerprint density at radius 3 is 2.25 bits per heavy atom. The lowest BCUT2D eigenvalue weighted by Crippen LogP contribution is -2.24. The second-order valence-electron chi connectivity index (χ2n) is 3.39. The van der Waals surface area contributed by atoms with Crippen molar-refractivity contribution in [1.82, 2.24) is 5.32 Å². The van der Waals surface area contributed by atoms with Crippen molar-refractivity contribution in [2.75, 3.05) is 0 Å². The zero-order valence-electron chi connectivity index (χ0n) is 10.5. The Labute approximate surface area is 116 Å². The van der Waals surface area contributed by atoms with Gasteiger partial charge in [-0.1, -0.05) is 21.3 Å². The Bertz CT molecular complexity index is 505. The maximum atomic E-state index is 13.3. The molecule has 1 aromatic carbocycles. The van der Waals surface area contributed by atoms with Gasteiger partial charge >= 0.3 is 0 Å². The topological polar surface area (TPSA) is 61.7 Å². The molecule has 2 N–H and O–H groups in total. The van der Waals surface area contributed by atoms with Gasteiger partial charge in [-0.2, -0.15) is 0 Å². The van der Waals surface area contributed by atoms with Gasteiger partial charge in [0.1, 0.15) is 11.6 Å². The van der Waals surface area contributed by atoms with Crippen LogP contribution in [-0.2, 0) is 0 Å². The van der Waals surface area contributed by atoms with Crippen molar-refractivity contribution >= 4 is 18.1 Å². The molecule has 0 saturated carbocycles. The number of hydrogen-bond acceptors (Lipinski definition) is 4. The molecule has 2 rings (SSSR count). The monoisotopic (exact) mass is 284 g/mol. The van der Waals surface area contributed by atoms with E-state index in [2.05, 4.69) is 10.3 Å². The number of aliphatic imine (C=N–C) groups is 1. The van der Waals surface area contributed by atoms with Crippen LogP contribution < -0.4 is 5.32 Å². The Hall–Kier alpha value is -2.08. The van der Waals surface area contributed by atoms with Crippen LogP contribution in [0.2, 0.25) is 0 Å². The molecule has 110 valence electrons. The van der Waals surface area contributed by atoms with E-state index in [4.69, 9.17) is 5.11 Å². The number of nitrogens with one attached hydrogen (secondary N) is 1. The van der Waals surface area contributed by atoms with E-state index in [1.807, 2.05) is 13.8 Å². The van der Waals surface area contributed by atoms with Crippen molar-refractivity contribution < 1.29 is 18.7 Å². The molecule has 6 heteroatoms. The van der Waals surface area contributed by atoms with Crippen molar-refractivity contribution in [2.45, 2.75) is 27.6 Å². The lowest BCUT2D eigenvalue weighted by molar-refractivity contribution is 0.111. The number of hydrogen-bond donors (Lipinski definition) is 2. The summed E-state index contributed by atoms with van der Waals surface area (Å²) in [7, 11) is 0. The number of halogens is 2. The number of carbonyl (C=O) groups is 1. The third kappa shape index (κ3) is 3.96. The SMILES string of the molecule is C.CC.O=Cc1c(F)cc(C2=CNC(O)N=C2)cc1F. The second kappa shape index (κ2) is 8.16. The molecule has 1 aliphatic heterocycles. The molecule has 1 aromatic rings. The van der Waals surface area contributed by atoms with Crippen molar-refractivity contribution in [2.24, 2.45) is 4.99 Å². The summed E-state index contributed by atoms with van der Waals surface area (Å²) in [6.45, 7) is 4.00. The number of carbonyl (C=O) groups excluding carboxylic acids is 1. The minimum Gasteiger partial charge on any atom is -0.355 e. The molecular formula is C14H18F2N2O2. The largest absolute Gasteiger partial charge is 0.355 e. The molecule has 0 radical (unpaired) electrons. The Balaban J connectivity index is 0.00000115. The third-order valence-corrected chi connectivity index (χ3v) is 2.27. The van der Waals surface area contributed by atoms with Crippen LogP contribution in [0.4, 0.5) is 8.78 Å². The van der Waals surface area contributed by atoms with Crippen LogP contribution in [0.5, 0.6) is 0 Å². The summed E-state index contributed by atoms with van der Waals surface area (Å²) in [6.07, 6.45) is 1.74. The first-order valence-corrected chi connectivity index (χ1v) is 5.74. The van der Waals surface area contributed by atoms with E-state index in [1.54, 1.807) is 0 Å². The van der Waals surface area contributed by atoms with Gasteiger partial charge in [0.25, 0.3) is 0 Å². The molecule has 1 heterocycles. The van der Waals surface area contributed by atoms with Gasteiger partial charge in [-0.05, 0) is 17.7 Å². The summed E-state index contributed by atoms with van der Waals surface area (Å²) < 4.78 is 26.7. The predicted molar refractivity (Wildman–Crippen MR) is 75.4 cm³/mol. The quantitative estimate of drug-likeness (QED) is 0.821. The highest BCUT2D eigenvalue weighted by Gasteiger charge is 2.13. The molecule has 4 nitrogen and oxygen atoms in total. The summed E-state index contributed by atoms with van der Waals surface area (Å²) in [4.78, 5) is 14.0. The summed E-state index contributed by atoms with van der Waals surface area (Å²) in [5.74, 6) is -1.87. The maximum absolute atomic E-state index is 13.3. The molecule has 0 spiro atoms. The lowest BCUT2D eigenvalue weighted by atomic mass is 10.0. The van der Waals surface area contributed by atoms with Gasteiger partial charge in [-0.15, -0.1) is 0 Å². The number of aldehydes is 1. The van der Waals surface area contributed by atoms with E-state index < -0.39 is 23.5 Å². The number of allylic oxidation sites excluding steroid dienone is 1. The van der Waals surface area contributed by atoms with Crippen LogP contribution in [0.15, 0.2) is 23.3 Å². The number of aliphatic hydroxyl groups excluding tert-OH is 1. The number of aliphatic hydroxyl groups is 1. The molecule has 0 amide bonds. The molecule has 0 aliphatic carbocycles. The first-order valence-electron chi connectivity index (χ1n) is 5.74. The molecule has 1 unspecified atom stereocenters. The van der Waals surface area contributed by atoms with E-state index in [0.717, 1.165) is 12.1 Å². The molecule has 1 aliphatic rings. The van der Waals surface area contributed by atoms with Crippen LogP contribution in [0.3, 0.4) is 0 Å². The Kier molecular flexibility index (Phi) is 7.31. The smallest absolute Gasteiger partial charge is 0.222 e. The number of rotatable bonds is 2. The fourth-order valence-corrected chi connectivity index (χ4v) is 1.42. The molecular weight excluding hydrogens is 266 g/mol. The summed E-state index contributed by atoms with van der Waals surface area (Å²) in [5.41, 5.74) is 0.0365. The van der Waals surface area contributed by atoms with Crippen LogP contribution in [0.1, 0.15) is 37.2 Å². The second-order valence-corrected chi connectivity index (χ2v) is 3.39. The number of nitrogens with zero attached hydrogens (tertiary/aromatic N) is 1. The maximum Gasteiger partial charge on any atom is 0.222 e. The van der Waals surface area contributed by atoms with E-state index in [0.29, 0.717) is 5.57 Å². The molecule has 0 aromatic heterocycles. The highest BCUT2D eigenvalue weighted by atomic mass is 19.1. The molecule has 0 fully saturated rings. The van der Waals surface area contributed by atoms with Gasteiger partial charge in [0.05, 0.1) is 5.56 Å². The van der Waals surface area contributed by atoms with Gasteiger partial charge < -0.3 is 10.4 Å².